The molecule has 0 aliphatic heterocycles. The number of rotatable bonds is 7. The van der Waals surface area contributed by atoms with Crippen LogP contribution in [-0.2, 0) is 6.54 Å². The number of hydrogen-bond donors (Lipinski definition) is 1. The van der Waals surface area contributed by atoms with Gasteiger partial charge in [-0.2, -0.15) is 0 Å². The van der Waals surface area contributed by atoms with Gasteiger partial charge in [-0.05, 0) is 17.7 Å². The summed E-state index contributed by atoms with van der Waals surface area (Å²) in [4.78, 5) is 1.51. The summed E-state index contributed by atoms with van der Waals surface area (Å²) in [5.74, 6) is 0.698. The average molecular weight is 245 g/mol. The van der Waals surface area contributed by atoms with E-state index >= 15 is 0 Å². The largest absolute Gasteiger partial charge is 0.497 e. The lowest BCUT2D eigenvalue weighted by atomic mass is 10.2. The van der Waals surface area contributed by atoms with Crippen molar-refractivity contribution in [2.45, 2.75) is 13.0 Å². The number of aliphatic hydroxyl groups is 1. The van der Waals surface area contributed by atoms with Gasteiger partial charge in [-0.1, -0.05) is 12.1 Å². The zero-order valence-corrected chi connectivity index (χ0v) is 9.77. The van der Waals surface area contributed by atoms with Crippen LogP contribution in [0.1, 0.15) is 5.56 Å². The molecule has 96 valence electrons. The van der Waals surface area contributed by atoms with Crippen LogP contribution in [-0.4, -0.2) is 43.2 Å². The first-order chi connectivity index (χ1) is 8.15. The summed E-state index contributed by atoms with van der Waals surface area (Å²) >= 11 is 0. The van der Waals surface area contributed by atoms with Gasteiger partial charge in [0.05, 0.1) is 20.3 Å². The molecule has 0 unspecified atom stereocenters. The molecule has 1 N–H and O–H groups in total. The van der Waals surface area contributed by atoms with E-state index in [1.54, 1.807) is 19.2 Å². The fourth-order valence-corrected chi connectivity index (χ4v) is 1.60. The second-order valence-electron chi connectivity index (χ2n) is 3.70. The van der Waals surface area contributed by atoms with E-state index < -0.39 is 6.43 Å². The van der Waals surface area contributed by atoms with Crippen LogP contribution >= 0.6 is 0 Å². The molecule has 0 spiro atoms. The topological polar surface area (TPSA) is 32.7 Å². The third kappa shape index (κ3) is 5.10. The van der Waals surface area contributed by atoms with Crippen LogP contribution in [0.2, 0.25) is 0 Å². The second-order valence-corrected chi connectivity index (χ2v) is 3.70. The fraction of sp³-hybridized carbons (Fsp3) is 0.500. The lowest BCUT2D eigenvalue weighted by Crippen LogP contribution is -2.31. The Balaban J connectivity index is 2.64. The minimum Gasteiger partial charge on any atom is -0.497 e. The van der Waals surface area contributed by atoms with Crippen molar-refractivity contribution in [1.29, 1.82) is 0 Å². The summed E-state index contributed by atoms with van der Waals surface area (Å²) in [7, 11) is 1.56. The predicted octanol–water partition coefficient (Wildman–Crippen LogP) is 1.75. The van der Waals surface area contributed by atoms with Crippen LogP contribution < -0.4 is 4.74 Å². The molecule has 1 rings (SSSR count). The zero-order chi connectivity index (χ0) is 12.7. The van der Waals surface area contributed by atoms with Gasteiger partial charge in [0.25, 0.3) is 6.43 Å². The Morgan fingerprint density at radius 1 is 1.41 bits per heavy atom. The van der Waals surface area contributed by atoms with Gasteiger partial charge in [-0.3, -0.25) is 4.90 Å². The van der Waals surface area contributed by atoms with Gasteiger partial charge in [-0.15, -0.1) is 0 Å². The fourth-order valence-electron chi connectivity index (χ4n) is 1.60. The molecule has 0 atom stereocenters. The summed E-state index contributed by atoms with van der Waals surface area (Å²) in [5, 5.41) is 8.82. The molecule has 1 aromatic rings. The van der Waals surface area contributed by atoms with Gasteiger partial charge in [0.1, 0.15) is 5.75 Å². The van der Waals surface area contributed by atoms with Gasteiger partial charge < -0.3 is 9.84 Å². The van der Waals surface area contributed by atoms with E-state index in [1.165, 1.54) is 4.90 Å². The monoisotopic (exact) mass is 245 g/mol. The predicted molar refractivity (Wildman–Crippen MR) is 61.4 cm³/mol. The molecule has 5 heteroatoms. The third-order valence-corrected chi connectivity index (χ3v) is 2.35. The van der Waals surface area contributed by atoms with Crippen molar-refractivity contribution in [3.05, 3.63) is 29.8 Å². The Morgan fingerprint density at radius 3 is 2.76 bits per heavy atom. The van der Waals surface area contributed by atoms with Gasteiger partial charge in [-0.25, -0.2) is 8.78 Å². The standard InChI is InChI=1S/C12H17F2NO2/c1-17-11-4-2-3-10(7-11)8-15(5-6-16)9-12(13)14/h2-4,7,12,16H,5-6,8-9H2,1H3. The SMILES string of the molecule is COc1cccc(CN(CCO)CC(F)F)c1. The zero-order valence-electron chi connectivity index (χ0n) is 9.77. The molecule has 0 saturated heterocycles. The Morgan fingerprint density at radius 2 is 2.18 bits per heavy atom. The highest BCUT2D eigenvalue weighted by atomic mass is 19.3. The number of hydrogen-bond acceptors (Lipinski definition) is 3. The average Bonchev–Trinajstić information content (AvgIpc) is 2.29. The van der Waals surface area contributed by atoms with Crippen LogP contribution in [0.4, 0.5) is 8.78 Å². The van der Waals surface area contributed by atoms with E-state index in [9.17, 15) is 8.78 Å². The number of nitrogens with zero attached hydrogens (tertiary/aromatic N) is 1. The van der Waals surface area contributed by atoms with E-state index in [1.807, 2.05) is 12.1 Å². The van der Waals surface area contributed by atoms with E-state index in [4.69, 9.17) is 9.84 Å². The molecule has 0 fully saturated rings. The third-order valence-electron chi connectivity index (χ3n) is 2.35. The minimum atomic E-state index is -2.40. The maximum Gasteiger partial charge on any atom is 0.251 e. The first-order valence-corrected chi connectivity index (χ1v) is 5.40. The van der Waals surface area contributed by atoms with Crippen molar-refractivity contribution in [1.82, 2.24) is 4.90 Å². The van der Waals surface area contributed by atoms with Crippen LogP contribution in [0.15, 0.2) is 24.3 Å². The Kier molecular flexibility index (Phi) is 5.86. The molecular formula is C12H17F2NO2. The molecule has 17 heavy (non-hydrogen) atoms. The molecule has 0 radical (unpaired) electrons. The lowest BCUT2D eigenvalue weighted by molar-refractivity contribution is 0.0746. The van der Waals surface area contributed by atoms with Crippen molar-refractivity contribution in [2.75, 3.05) is 26.8 Å². The number of halogens is 2. The normalized spacial score (nSPS) is 11.2. The number of methoxy groups -OCH3 is 1. The summed E-state index contributed by atoms with van der Waals surface area (Å²) in [6.07, 6.45) is -2.40. The Labute approximate surface area is 99.6 Å². The van der Waals surface area contributed by atoms with Crippen molar-refractivity contribution in [3.8, 4) is 5.75 Å². The lowest BCUT2D eigenvalue weighted by Gasteiger charge is -2.20. The molecule has 0 aliphatic carbocycles. The van der Waals surface area contributed by atoms with E-state index in [-0.39, 0.29) is 19.7 Å². The van der Waals surface area contributed by atoms with Crippen molar-refractivity contribution < 1.29 is 18.6 Å². The van der Waals surface area contributed by atoms with Gasteiger partial charge in [0, 0.05) is 13.1 Å². The van der Waals surface area contributed by atoms with E-state index in [0.29, 0.717) is 12.3 Å². The molecular weight excluding hydrogens is 228 g/mol. The van der Waals surface area contributed by atoms with Gasteiger partial charge >= 0.3 is 0 Å². The quantitative estimate of drug-likeness (QED) is 0.794. The summed E-state index contributed by atoms with van der Waals surface area (Å²) < 4.78 is 29.7. The maximum atomic E-state index is 12.3. The molecule has 0 aromatic heterocycles. The molecule has 0 saturated carbocycles. The number of benzene rings is 1. The van der Waals surface area contributed by atoms with E-state index in [2.05, 4.69) is 0 Å². The van der Waals surface area contributed by atoms with E-state index in [0.717, 1.165) is 5.56 Å². The van der Waals surface area contributed by atoms with Crippen LogP contribution in [0.3, 0.4) is 0 Å². The highest BCUT2D eigenvalue weighted by molar-refractivity contribution is 5.28. The smallest absolute Gasteiger partial charge is 0.251 e. The first kappa shape index (κ1) is 13.9. The summed E-state index contributed by atoms with van der Waals surface area (Å²) in [6.45, 7) is 0.151. The van der Waals surface area contributed by atoms with Crippen LogP contribution in [0.5, 0.6) is 5.75 Å². The summed E-state index contributed by atoms with van der Waals surface area (Å²) in [5.41, 5.74) is 0.887. The molecule has 1 aromatic carbocycles. The molecule has 3 nitrogen and oxygen atoms in total. The first-order valence-electron chi connectivity index (χ1n) is 5.40. The van der Waals surface area contributed by atoms with Crippen LogP contribution in [0.25, 0.3) is 0 Å². The highest BCUT2D eigenvalue weighted by Crippen LogP contribution is 2.14. The van der Waals surface area contributed by atoms with Crippen LogP contribution in [0, 0.1) is 0 Å². The van der Waals surface area contributed by atoms with Crippen molar-refractivity contribution in [2.24, 2.45) is 0 Å². The maximum absolute atomic E-state index is 12.3. The number of aliphatic hydroxyl groups excluding tert-OH is 1. The van der Waals surface area contributed by atoms with Gasteiger partial charge in [0.2, 0.25) is 0 Å². The number of ether oxygens (including phenoxy) is 1. The molecule has 0 aliphatic rings. The van der Waals surface area contributed by atoms with Gasteiger partial charge in [0.15, 0.2) is 0 Å². The molecule has 0 heterocycles. The highest BCUT2D eigenvalue weighted by Gasteiger charge is 2.12. The second kappa shape index (κ2) is 7.19. The van der Waals surface area contributed by atoms with Crippen molar-refractivity contribution >= 4 is 0 Å². The summed E-state index contributed by atoms with van der Waals surface area (Å²) in [6, 6.07) is 7.26. The molecule has 0 bridgehead atoms. The molecule has 0 amide bonds. The minimum absolute atomic E-state index is 0.128. The number of alkyl halides is 2. The Hall–Kier alpha value is -1.20. The Bertz CT molecular complexity index is 334. The van der Waals surface area contributed by atoms with Crippen molar-refractivity contribution in [3.63, 3.8) is 0 Å².